The molecule has 204 valence electrons. The van der Waals surface area contributed by atoms with E-state index in [1.54, 1.807) is 13.0 Å². The molecule has 7 heteroatoms. The first kappa shape index (κ1) is 26.9. The Hall–Kier alpha value is -3.71. The number of benzene rings is 1. The fraction of sp³-hybridized carbons (Fsp3) is 0.375. The minimum absolute atomic E-state index is 0.273. The van der Waals surface area contributed by atoms with Gasteiger partial charge in [-0.3, -0.25) is 4.68 Å². The van der Waals surface area contributed by atoms with Crippen LogP contribution < -0.4 is 10.1 Å². The maximum atomic E-state index is 16.0. The molecule has 0 saturated heterocycles. The molecule has 1 aromatic carbocycles. The number of aryl methyl sites for hydroxylation is 1. The average molecular weight is 528 g/mol. The summed E-state index contributed by atoms with van der Waals surface area (Å²) in [7, 11) is 3.90. The number of hydrogen-bond donors (Lipinski definition) is 1. The van der Waals surface area contributed by atoms with Crippen LogP contribution in [0, 0.1) is 25.1 Å². The number of hydrogen-bond acceptors (Lipinski definition) is 4. The van der Waals surface area contributed by atoms with Crippen molar-refractivity contribution in [2.45, 2.75) is 53.0 Å². The van der Waals surface area contributed by atoms with E-state index in [1.807, 2.05) is 65.9 Å². The summed E-state index contributed by atoms with van der Waals surface area (Å²) < 4.78 is 26.3. The minimum Gasteiger partial charge on any atom is -0.489 e. The number of imidazole rings is 1. The normalized spacial score (nSPS) is 14.4. The van der Waals surface area contributed by atoms with E-state index in [1.165, 1.54) is 18.4 Å². The zero-order valence-electron chi connectivity index (χ0n) is 23.6. The number of allylic oxidation sites excluding steroid dienone is 2. The Labute approximate surface area is 230 Å². The molecule has 5 rings (SSSR count). The Kier molecular flexibility index (Phi) is 7.45. The van der Waals surface area contributed by atoms with Crippen LogP contribution in [0.15, 0.2) is 49.3 Å². The van der Waals surface area contributed by atoms with Crippen LogP contribution in [0.4, 0.5) is 4.39 Å². The highest BCUT2D eigenvalue weighted by Gasteiger charge is 2.38. The molecule has 0 spiro atoms. The standard InChI is InChI=1S/C32H38FN5O/c1-7-8-9-23-16-27(24-10-11-29-35-19-25(18-34-5)38(29)20-24)31(30(33)21(23)2)39-15-12-26-22(3)37(6)36-28(26)17-32(4)13-14-32/h7-11,16,19-20,34H,1,12-15,17-18H2,2-6H3/b9-8-. The molecule has 1 aliphatic rings. The fourth-order valence-corrected chi connectivity index (χ4v) is 5.18. The molecule has 1 N–H and O–H groups in total. The molecule has 1 saturated carbocycles. The van der Waals surface area contributed by atoms with E-state index >= 15 is 4.39 Å². The van der Waals surface area contributed by atoms with Gasteiger partial charge in [-0.15, -0.1) is 0 Å². The first-order valence-corrected chi connectivity index (χ1v) is 13.6. The predicted molar refractivity (Wildman–Crippen MR) is 156 cm³/mol. The molecule has 3 heterocycles. The molecule has 3 aromatic heterocycles. The number of aromatic nitrogens is 4. The molecule has 0 amide bonds. The Morgan fingerprint density at radius 1 is 1.26 bits per heavy atom. The highest BCUT2D eigenvalue weighted by Crippen LogP contribution is 2.48. The number of fused-ring (bicyclic) bond motifs is 1. The summed E-state index contributed by atoms with van der Waals surface area (Å²) in [6, 6.07) is 5.93. The lowest BCUT2D eigenvalue weighted by molar-refractivity contribution is 0.305. The van der Waals surface area contributed by atoms with Gasteiger partial charge in [0.05, 0.1) is 24.2 Å². The van der Waals surface area contributed by atoms with Crippen LogP contribution in [-0.4, -0.2) is 32.8 Å². The lowest BCUT2D eigenvalue weighted by Gasteiger charge is -2.17. The van der Waals surface area contributed by atoms with Gasteiger partial charge >= 0.3 is 0 Å². The van der Waals surface area contributed by atoms with Crippen molar-refractivity contribution in [3.05, 3.63) is 88.9 Å². The van der Waals surface area contributed by atoms with Gasteiger partial charge in [0, 0.05) is 43.0 Å². The molecular weight excluding hydrogens is 489 g/mol. The van der Waals surface area contributed by atoms with Crippen molar-refractivity contribution in [3.63, 3.8) is 0 Å². The summed E-state index contributed by atoms with van der Waals surface area (Å²) in [6.45, 7) is 11.0. The molecule has 6 nitrogen and oxygen atoms in total. The lowest BCUT2D eigenvalue weighted by atomic mass is 9.97. The number of ether oxygens (including phenoxy) is 1. The molecule has 0 unspecified atom stereocenters. The van der Waals surface area contributed by atoms with Gasteiger partial charge in [0.15, 0.2) is 11.6 Å². The van der Waals surface area contributed by atoms with Crippen LogP contribution in [0.1, 0.15) is 53.5 Å². The summed E-state index contributed by atoms with van der Waals surface area (Å²) in [6.07, 6.45) is 13.4. The average Bonchev–Trinajstić information content (AvgIpc) is 3.42. The summed E-state index contributed by atoms with van der Waals surface area (Å²) >= 11 is 0. The van der Waals surface area contributed by atoms with Gasteiger partial charge in [-0.05, 0) is 80.5 Å². The number of rotatable bonds is 11. The highest BCUT2D eigenvalue weighted by atomic mass is 19.1. The Bertz CT molecular complexity index is 1560. The van der Waals surface area contributed by atoms with E-state index in [-0.39, 0.29) is 11.6 Å². The van der Waals surface area contributed by atoms with Gasteiger partial charge in [0.1, 0.15) is 5.65 Å². The molecule has 1 aliphatic carbocycles. The molecule has 39 heavy (non-hydrogen) atoms. The zero-order valence-corrected chi connectivity index (χ0v) is 23.6. The van der Waals surface area contributed by atoms with Gasteiger partial charge in [-0.25, -0.2) is 9.37 Å². The van der Waals surface area contributed by atoms with Gasteiger partial charge in [0.2, 0.25) is 0 Å². The summed E-state index contributed by atoms with van der Waals surface area (Å²) in [5.74, 6) is -0.0684. The molecule has 4 aromatic rings. The number of nitrogens with zero attached hydrogens (tertiary/aromatic N) is 4. The lowest BCUT2D eigenvalue weighted by Crippen LogP contribution is -2.09. The van der Waals surface area contributed by atoms with Crippen LogP contribution in [0.5, 0.6) is 5.75 Å². The second-order valence-corrected chi connectivity index (χ2v) is 11.0. The second-order valence-electron chi connectivity index (χ2n) is 11.0. The van der Waals surface area contributed by atoms with Crippen LogP contribution in [-0.2, 0) is 26.4 Å². The Morgan fingerprint density at radius 2 is 2.05 bits per heavy atom. The van der Waals surface area contributed by atoms with Crippen molar-refractivity contribution in [1.29, 1.82) is 0 Å². The van der Waals surface area contributed by atoms with Crippen molar-refractivity contribution in [2.75, 3.05) is 13.7 Å². The summed E-state index contributed by atoms with van der Waals surface area (Å²) in [4.78, 5) is 4.50. The number of nitrogens with one attached hydrogen (secondary N) is 1. The number of halogens is 1. The van der Waals surface area contributed by atoms with Crippen molar-refractivity contribution in [1.82, 2.24) is 24.5 Å². The van der Waals surface area contributed by atoms with Crippen molar-refractivity contribution in [3.8, 4) is 16.9 Å². The smallest absolute Gasteiger partial charge is 0.169 e. The topological polar surface area (TPSA) is 56.4 Å². The third-order valence-corrected chi connectivity index (χ3v) is 8.01. The van der Waals surface area contributed by atoms with E-state index < -0.39 is 0 Å². The predicted octanol–water partition coefficient (Wildman–Crippen LogP) is 6.37. The highest BCUT2D eigenvalue weighted by molar-refractivity contribution is 5.76. The Balaban J connectivity index is 1.51. The largest absolute Gasteiger partial charge is 0.489 e. The van der Waals surface area contributed by atoms with Crippen LogP contribution >= 0.6 is 0 Å². The second kappa shape index (κ2) is 10.8. The maximum Gasteiger partial charge on any atom is 0.169 e. The molecule has 0 aliphatic heterocycles. The maximum absolute atomic E-state index is 16.0. The van der Waals surface area contributed by atoms with Crippen LogP contribution in [0.2, 0.25) is 0 Å². The molecular formula is C32H38FN5O. The van der Waals surface area contributed by atoms with Gasteiger partial charge in [-0.1, -0.05) is 31.7 Å². The SMILES string of the molecule is C=C/C=C\c1cc(-c2ccc3ncc(CNC)n3c2)c(OCCc2c(CC3(C)CC3)nn(C)c2C)c(F)c1C. The van der Waals surface area contributed by atoms with Crippen molar-refractivity contribution < 1.29 is 9.13 Å². The minimum atomic E-state index is -0.342. The molecule has 0 radical (unpaired) electrons. The fourth-order valence-electron chi connectivity index (χ4n) is 5.18. The van der Waals surface area contributed by atoms with Crippen molar-refractivity contribution >= 4 is 11.7 Å². The summed E-state index contributed by atoms with van der Waals surface area (Å²) in [5, 5.41) is 7.99. The van der Waals surface area contributed by atoms with E-state index in [9.17, 15) is 0 Å². The van der Waals surface area contributed by atoms with E-state index in [4.69, 9.17) is 9.84 Å². The monoisotopic (exact) mass is 527 g/mol. The molecule has 1 fully saturated rings. The third-order valence-electron chi connectivity index (χ3n) is 8.01. The first-order chi connectivity index (χ1) is 18.7. The Morgan fingerprint density at radius 3 is 2.77 bits per heavy atom. The van der Waals surface area contributed by atoms with E-state index in [0.29, 0.717) is 36.1 Å². The first-order valence-electron chi connectivity index (χ1n) is 13.6. The van der Waals surface area contributed by atoms with Gasteiger partial charge in [-0.2, -0.15) is 5.10 Å². The van der Waals surface area contributed by atoms with E-state index in [0.717, 1.165) is 40.3 Å². The van der Waals surface area contributed by atoms with Crippen LogP contribution in [0.3, 0.4) is 0 Å². The molecule has 0 bridgehead atoms. The van der Waals surface area contributed by atoms with Crippen molar-refractivity contribution in [2.24, 2.45) is 12.5 Å². The number of pyridine rings is 1. The quantitative estimate of drug-likeness (QED) is 0.230. The van der Waals surface area contributed by atoms with E-state index in [2.05, 4.69) is 30.7 Å². The summed E-state index contributed by atoms with van der Waals surface area (Å²) in [5.41, 5.74) is 8.64. The van der Waals surface area contributed by atoms with Gasteiger partial charge < -0.3 is 14.5 Å². The van der Waals surface area contributed by atoms with Crippen LogP contribution in [0.25, 0.3) is 22.9 Å². The van der Waals surface area contributed by atoms with Gasteiger partial charge in [0.25, 0.3) is 0 Å². The zero-order chi connectivity index (χ0) is 27.7. The third kappa shape index (κ3) is 5.41. The molecule has 0 atom stereocenters.